The van der Waals surface area contributed by atoms with E-state index >= 15 is 0 Å². The van der Waals surface area contributed by atoms with Gasteiger partial charge >= 0.3 is 5.97 Å². The Labute approximate surface area is 122 Å². The summed E-state index contributed by atoms with van der Waals surface area (Å²) in [6, 6.07) is 0.282. The third-order valence-corrected chi connectivity index (χ3v) is 4.18. The van der Waals surface area contributed by atoms with Crippen LogP contribution in [-0.2, 0) is 9.53 Å². The van der Waals surface area contributed by atoms with E-state index in [1.807, 2.05) is 0 Å². The summed E-state index contributed by atoms with van der Waals surface area (Å²) in [5.74, 6) is 0.895. The van der Waals surface area contributed by atoms with Gasteiger partial charge in [-0.1, -0.05) is 0 Å². The van der Waals surface area contributed by atoms with Crippen LogP contribution in [0.25, 0.3) is 0 Å². The summed E-state index contributed by atoms with van der Waals surface area (Å²) in [5, 5.41) is 3.06. The van der Waals surface area contributed by atoms with Gasteiger partial charge in [0.15, 0.2) is 5.69 Å². The predicted octanol–water partition coefficient (Wildman–Crippen LogP) is 0.368. The molecule has 7 nitrogen and oxygen atoms in total. The van der Waals surface area contributed by atoms with Crippen LogP contribution >= 0.6 is 0 Å². The molecule has 0 spiro atoms. The maximum atomic E-state index is 11.4. The Morgan fingerprint density at radius 2 is 2.24 bits per heavy atom. The third-order valence-electron chi connectivity index (χ3n) is 4.18. The normalized spacial score (nSPS) is 25.0. The van der Waals surface area contributed by atoms with E-state index < -0.39 is 5.97 Å². The minimum absolute atomic E-state index is 0.159. The van der Waals surface area contributed by atoms with E-state index in [0.29, 0.717) is 12.3 Å². The van der Waals surface area contributed by atoms with E-state index in [-0.39, 0.29) is 17.6 Å². The van der Waals surface area contributed by atoms with Gasteiger partial charge in [-0.05, 0) is 18.8 Å². The van der Waals surface area contributed by atoms with Gasteiger partial charge in [0, 0.05) is 25.6 Å². The fraction of sp³-hybridized carbons (Fsp3) is 0.571. The summed E-state index contributed by atoms with van der Waals surface area (Å²) >= 11 is 0. The lowest BCUT2D eigenvalue weighted by atomic mass is 9.85. The number of piperidine rings is 2. The van der Waals surface area contributed by atoms with Gasteiger partial charge in [0.25, 0.3) is 0 Å². The molecule has 2 saturated heterocycles. The van der Waals surface area contributed by atoms with Gasteiger partial charge in [0.2, 0.25) is 5.91 Å². The highest BCUT2D eigenvalue weighted by atomic mass is 16.5. The molecule has 3 rings (SSSR count). The van der Waals surface area contributed by atoms with Crippen LogP contribution in [0.2, 0.25) is 0 Å². The second-order valence-corrected chi connectivity index (χ2v) is 5.46. The first-order chi connectivity index (χ1) is 10.2. The van der Waals surface area contributed by atoms with Crippen molar-refractivity contribution >= 4 is 17.7 Å². The van der Waals surface area contributed by atoms with Crippen LogP contribution in [0.15, 0.2) is 12.4 Å². The zero-order chi connectivity index (χ0) is 14.8. The maximum absolute atomic E-state index is 11.4. The quantitative estimate of drug-likeness (QED) is 0.792. The molecule has 1 aromatic rings. The van der Waals surface area contributed by atoms with Gasteiger partial charge in [-0.2, -0.15) is 0 Å². The van der Waals surface area contributed by atoms with Crippen LogP contribution in [0.4, 0.5) is 5.82 Å². The molecule has 0 aromatic carbocycles. The molecule has 1 amide bonds. The molecule has 21 heavy (non-hydrogen) atoms. The van der Waals surface area contributed by atoms with Crippen LogP contribution in [0, 0.1) is 5.92 Å². The van der Waals surface area contributed by atoms with E-state index in [9.17, 15) is 9.59 Å². The number of hydrogen-bond donors (Lipinski definition) is 1. The van der Waals surface area contributed by atoms with Crippen LogP contribution in [0.3, 0.4) is 0 Å². The third kappa shape index (κ3) is 2.81. The predicted molar refractivity (Wildman–Crippen MR) is 74.9 cm³/mol. The van der Waals surface area contributed by atoms with Gasteiger partial charge in [-0.25, -0.2) is 14.8 Å². The summed E-state index contributed by atoms with van der Waals surface area (Å²) in [5.41, 5.74) is 0.209. The molecule has 0 saturated carbocycles. The number of anilines is 1. The molecule has 0 aliphatic carbocycles. The van der Waals surface area contributed by atoms with Crippen molar-refractivity contribution in [1.29, 1.82) is 0 Å². The van der Waals surface area contributed by atoms with E-state index in [2.05, 4.69) is 24.9 Å². The van der Waals surface area contributed by atoms with Crippen LogP contribution in [0.5, 0.6) is 0 Å². The van der Waals surface area contributed by atoms with Crippen LogP contribution < -0.4 is 10.2 Å². The Kier molecular flexibility index (Phi) is 3.72. The van der Waals surface area contributed by atoms with Gasteiger partial charge in [-0.15, -0.1) is 0 Å². The molecule has 2 fully saturated rings. The summed E-state index contributed by atoms with van der Waals surface area (Å²) in [4.78, 5) is 33.3. The molecule has 1 aromatic heterocycles. The molecular formula is C14H18N4O3. The number of ether oxygens (including phenoxy) is 1. The minimum atomic E-state index is -0.484. The SMILES string of the molecule is COC(=O)c1cnc(N2CCC3NC(=O)CCC3C2)cn1. The molecule has 2 aliphatic rings. The Balaban J connectivity index is 1.68. The fourth-order valence-corrected chi connectivity index (χ4v) is 3.01. The van der Waals surface area contributed by atoms with E-state index in [4.69, 9.17) is 0 Å². The summed E-state index contributed by atoms with van der Waals surface area (Å²) < 4.78 is 4.61. The van der Waals surface area contributed by atoms with Crippen molar-refractivity contribution in [2.75, 3.05) is 25.1 Å². The molecule has 3 heterocycles. The molecule has 0 radical (unpaired) electrons. The number of carbonyl (C=O) groups is 2. The van der Waals surface area contributed by atoms with E-state index in [0.717, 1.165) is 31.7 Å². The molecule has 7 heteroatoms. The topological polar surface area (TPSA) is 84.4 Å². The van der Waals surface area contributed by atoms with Crippen molar-refractivity contribution in [2.45, 2.75) is 25.3 Å². The summed E-state index contributed by atoms with van der Waals surface area (Å²) in [7, 11) is 1.32. The Hall–Kier alpha value is -2.18. The number of fused-ring (bicyclic) bond motifs is 1. The zero-order valence-corrected chi connectivity index (χ0v) is 11.9. The number of nitrogens with one attached hydrogen (secondary N) is 1. The van der Waals surface area contributed by atoms with Gasteiger partial charge in [0.05, 0.1) is 19.5 Å². The van der Waals surface area contributed by atoms with Crippen LogP contribution in [0.1, 0.15) is 29.8 Å². The average molecular weight is 290 g/mol. The number of carbonyl (C=O) groups excluding carboxylic acids is 2. The second-order valence-electron chi connectivity index (χ2n) is 5.46. The van der Waals surface area contributed by atoms with Crippen molar-refractivity contribution in [3.63, 3.8) is 0 Å². The smallest absolute Gasteiger partial charge is 0.358 e. The number of methoxy groups -OCH3 is 1. The molecular weight excluding hydrogens is 272 g/mol. The highest BCUT2D eigenvalue weighted by Gasteiger charge is 2.34. The molecule has 2 unspecified atom stereocenters. The average Bonchev–Trinajstić information content (AvgIpc) is 2.53. The number of nitrogens with zero attached hydrogens (tertiary/aromatic N) is 3. The highest BCUT2D eigenvalue weighted by molar-refractivity contribution is 5.86. The monoisotopic (exact) mass is 290 g/mol. The first-order valence-electron chi connectivity index (χ1n) is 7.12. The second kappa shape index (κ2) is 5.67. The lowest BCUT2D eigenvalue weighted by Gasteiger charge is -2.41. The maximum Gasteiger partial charge on any atom is 0.358 e. The van der Waals surface area contributed by atoms with E-state index in [1.165, 1.54) is 13.3 Å². The van der Waals surface area contributed by atoms with Gasteiger partial charge < -0.3 is 15.0 Å². The number of amides is 1. The van der Waals surface area contributed by atoms with Gasteiger partial charge in [0.1, 0.15) is 5.82 Å². The van der Waals surface area contributed by atoms with E-state index in [1.54, 1.807) is 6.20 Å². The summed E-state index contributed by atoms with van der Waals surface area (Å²) in [6.45, 7) is 1.69. The number of hydrogen-bond acceptors (Lipinski definition) is 6. The lowest BCUT2D eigenvalue weighted by molar-refractivity contribution is -0.124. The zero-order valence-electron chi connectivity index (χ0n) is 11.9. The first kappa shape index (κ1) is 13.8. The largest absolute Gasteiger partial charge is 0.464 e. The van der Waals surface area contributed by atoms with Crippen molar-refractivity contribution in [3.8, 4) is 0 Å². The number of esters is 1. The first-order valence-corrected chi connectivity index (χ1v) is 7.12. The molecule has 0 bridgehead atoms. The van der Waals surface area contributed by atoms with Crippen molar-refractivity contribution in [3.05, 3.63) is 18.1 Å². The van der Waals surface area contributed by atoms with Crippen molar-refractivity contribution in [2.24, 2.45) is 5.92 Å². The minimum Gasteiger partial charge on any atom is -0.464 e. The Bertz CT molecular complexity index is 546. The molecule has 112 valence electrons. The van der Waals surface area contributed by atoms with Crippen molar-refractivity contribution < 1.29 is 14.3 Å². The van der Waals surface area contributed by atoms with Crippen molar-refractivity contribution in [1.82, 2.24) is 15.3 Å². The number of rotatable bonds is 2. The highest BCUT2D eigenvalue weighted by Crippen LogP contribution is 2.27. The molecule has 1 N–H and O–H groups in total. The fourth-order valence-electron chi connectivity index (χ4n) is 3.01. The Morgan fingerprint density at radius 3 is 2.95 bits per heavy atom. The van der Waals surface area contributed by atoms with Gasteiger partial charge in [-0.3, -0.25) is 4.79 Å². The standard InChI is InChI=1S/C14H18N4O3/c1-21-14(20)11-6-16-12(7-15-11)18-5-4-10-9(8-18)2-3-13(19)17-10/h6-7,9-10H,2-5,8H2,1H3,(H,17,19). The Morgan fingerprint density at radius 1 is 1.38 bits per heavy atom. The number of aromatic nitrogens is 2. The molecule has 2 atom stereocenters. The molecule has 2 aliphatic heterocycles. The van der Waals surface area contributed by atoms with Crippen LogP contribution in [-0.4, -0.2) is 48.1 Å². The lowest BCUT2D eigenvalue weighted by Crippen LogP contribution is -2.54. The summed E-state index contributed by atoms with van der Waals surface area (Å²) in [6.07, 6.45) is 5.48.